The van der Waals surface area contributed by atoms with E-state index in [0.29, 0.717) is 27.7 Å². The van der Waals surface area contributed by atoms with Gasteiger partial charge in [0.15, 0.2) is 0 Å². The lowest BCUT2D eigenvalue weighted by atomic mass is 9.95. The summed E-state index contributed by atoms with van der Waals surface area (Å²) in [5.74, 6) is 6.85. The fourth-order valence-corrected chi connectivity index (χ4v) is 4.20. The third-order valence-electron chi connectivity index (χ3n) is 4.93. The van der Waals surface area contributed by atoms with E-state index in [1.807, 2.05) is 30.3 Å². The van der Waals surface area contributed by atoms with Crippen molar-refractivity contribution >= 4 is 29.3 Å². The van der Waals surface area contributed by atoms with Crippen molar-refractivity contribution in [3.8, 4) is 22.8 Å². The molecule has 0 radical (unpaired) electrons. The van der Waals surface area contributed by atoms with Crippen molar-refractivity contribution in [3.63, 3.8) is 0 Å². The molecule has 29 heavy (non-hydrogen) atoms. The number of nitrogens with two attached hydrogens (primary N) is 1. The summed E-state index contributed by atoms with van der Waals surface area (Å²) >= 11 is 7.20. The number of thioether (sulfide) groups is 1. The van der Waals surface area contributed by atoms with Crippen LogP contribution in [0.3, 0.4) is 0 Å². The molecule has 4 N–H and O–H groups in total. The number of hydrogen-bond donors (Lipinski definition) is 3. The normalized spacial score (nSPS) is 14.8. The van der Waals surface area contributed by atoms with E-state index in [1.54, 1.807) is 0 Å². The summed E-state index contributed by atoms with van der Waals surface area (Å²) in [5, 5.41) is 19.7. The van der Waals surface area contributed by atoms with Gasteiger partial charge < -0.3 is 11.2 Å². The first kappa shape index (κ1) is 19.8. The van der Waals surface area contributed by atoms with Gasteiger partial charge in [0.05, 0.1) is 11.4 Å². The maximum absolute atomic E-state index is 12.2. The van der Waals surface area contributed by atoms with Crippen LogP contribution in [-0.2, 0) is 4.79 Å². The van der Waals surface area contributed by atoms with Crippen molar-refractivity contribution in [3.05, 3.63) is 35.4 Å². The van der Waals surface area contributed by atoms with Crippen LogP contribution < -0.4 is 11.2 Å². The van der Waals surface area contributed by atoms with E-state index in [1.165, 1.54) is 35.7 Å². The highest BCUT2D eigenvalue weighted by molar-refractivity contribution is 7.99. The highest BCUT2D eigenvalue weighted by Crippen LogP contribution is 2.25. The lowest BCUT2D eigenvalue weighted by molar-refractivity contribution is -0.119. The Bertz CT molecular complexity index is 979. The summed E-state index contributed by atoms with van der Waals surface area (Å²) in [6.45, 7) is 0. The second-order valence-electron chi connectivity index (χ2n) is 7.04. The molecule has 8 nitrogen and oxygen atoms in total. The van der Waals surface area contributed by atoms with Gasteiger partial charge in [-0.2, -0.15) is 5.10 Å². The minimum atomic E-state index is -0.00184. The molecule has 3 aromatic rings. The number of nitrogens with zero attached hydrogens (tertiary/aromatic N) is 4. The quantitative estimate of drug-likeness (QED) is 0.407. The first-order chi connectivity index (χ1) is 14.1. The molecule has 1 aliphatic rings. The number of aromatic amines is 1. The van der Waals surface area contributed by atoms with E-state index in [4.69, 9.17) is 17.4 Å². The number of benzene rings is 1. The predicted octanol–water partition coefficient (Wildman–Crippen LogP) is 3.24. The Morgan fingerprint density at radius 3 is 2.76 bits per heavy atom. The van der Waals surface area contributed by atoms with Crippen LogP contribution in [0.2, 0.25) is 5.02 Å². The van der Waals surface area contributed by atoms with Gasteiger partial charge in [-0.05, 0) is 31.0 Å². The highest BCUT2D eigenvalue weighted by Gasteiger charge is 2.18. The van der Waals surface area contributed by atoms with Gasteiger partial charge in [-0.3, -0.25) is 9.89 Å². The number of carbonyl (C=O) groups excluding carboxylic acids is 1. The molecule has 10 heteroatoms. The SMILES string of the molecule is Nn1c(SCC(=O)NC2CCCCC2)nnc1-c1cc(-c2ccc(Cl)cc2)n[nH]1. The van der Waals surface area contributed by atoms with Crippen LogP contribution in [0.25, 0.3) is 22.8 Å². The van der Waals surface area contributed by atoms with Crippen LogP contribution >= 0.6 is 23.4 Å². The average molecular weight is 432 g/mol. The summed E-state index contributed by atoms with van der Waals surface area (Å²) in [5.41, 5.74) is 2.32. The number of nitrogens with one attached hydrogen (secondary N) is 2. The minimum Gasteiger partial charge on any atom is -0.353 e. The van der Waals surface area contributed by atoms with Crippen molar-refractivity contribution in [2.45, 2.75) is 43.3 Å². The van der Waals surface area contributed by atoms with E-state index >= 15 is 0 Å². The lowest BCUT2D eigenvalue weighted by Crippen LogP contribution is -2.37. The Morgan fingerprint density at radius 2 is 2.00 bits per heavy atom. The van der Waals surface area contributed by atoms with Gasteiger partial charge in [0.25, 0.3) is 0 Å². The number of H-pyrrole nitrogens is 1. The first-order valence-electron chi connectivity index (χ1n) is 9.54. The average Bonchev–Trinajstić information content (AvgIpc) is 3.34. The zero-order valence-corrected chi connectivity index (χ0v) is 17.3. The fraction of sp³-hybridized carbons (Fsp3) is 0.368. The van der Waals surface area contributed by atoms with E-state index in [9.17, 15) is 4.79 Å². The summed E-state index contributed by atoms with van der Waals surface area (Å²) in [6.07, 6.45) is 5.74. The van der Waals surface area contributed by atoms with Crippen LogP contribution in [0.4, 0.5) is 0 Å². The number of carbonyl (C=O) groups is 1. The topological polar surface area (TPSA) is 115 Å². The van der Waals surface area contributed by atoms with Gasteiger partial charge in [0, 0.05) is 16.6 Å². The molecule has 0 atom stereocenters. The molecule has 2 aromatic heterocycles. The summed E-state index contributed by atoms with van der Waals surface area (Å²) in [7, 11) is 0. The maximum Gasteiger partial charge on any atom is 0.230 e. The Hall–Kier alpha value is -2.52. The van der Waals surface area contributed by atoms with E-state index in [0.717, 1.165) is 24.1 Å². The zero-order chi connectivity index (χ0) is 20.2. The molecule has 1 aromatic carbocycles. The maximum atomic E-state index is 12.2. The Labute approximate surface area is 177 Å². The smallest absolute Gasteiger partial charge is 0.230 e. The molecule has 0 unspecified atom stereocenters. The van der Waals surface area contributed by atoms with Crippen LogP contribution in [0.5, 0.6) is 0 Å². The molecule has 152 valence electrons. The largest absolute Gasteiger partial charge is 0.353 e. The second kappa shape index (κ2) is 8.87. The molecule has 1 aliphatic carbocycles. The summed E-state index contributed by atoms with van der Waals surface area (Å²) in [4.78, 5) is 12.2. The first-order valence-corrected chi connectivity index (χ1v) is 10.9. The molecule has 2 heterocycles. The molecule has 1 saturated carbocycles. The van der Waals surface area contributed by atoms with Gasteiger partial charge in [0.1, 0.15) is 5.69 Å². The van der Waals surface area contributed by atoms with Gasteiger partial charge >= 0.3 is 0 Å². The van der Waals surface area contributed by atoms with E-state index < -0.39 is 0 Å². The third-order valence-corrected chi connectivity index (χ3v) is 6.12. The van der Waals surface area contributed by atoms with Gasteiger partial charge in [-0.25, -0.2) is 4.68 Å². The standard InChI is InChI=1S/C19H22ClN7OS/c20-13-8-6-12(7-9-13)15-10-16(24-23-15)18-25-26-19(27(18)21)29-11-17(28)22-14-4-2-1-3-5-14/h6-10,14H,1-5,11,21H2,(H,22,28)(H,23,24). The van der Waals surface area contributed by atoms with Crippen LogP contribution in [0.15, 0.2) is 35.5 Å². The Balaban J connectivity index is 1.39. The number of rotatable bonds is 6. The van der Waals surface area contributed by atoms with Crippen molar-refractivity contribution < 1.29 is 4.79 Å². The molecule has 0 spiro atoms. The van der Waals surface area contributed by atoms with Gasteiger partial charge in [-0.15, -0.1) is 10.2 Å². The lowest BCUT2D eigenvalue weighted by Gasteiger charge is -2.22. The Morgan fingerprint density at radius 1 is 1.24 bits per heavy atom. The molecule has 4 rings (SSSR count). The molecular formula is C19H22ClN7OS. The molecular weight excluding hydrogens is 410 g/mol. The highest BCUT2D eigenvalue weighted by atomic mass is 35.5. The van der Waals surface area contributed by atoms with Crippen molar-refractivity contribution in [1.82, 2.24) is 30.4 Å². The number of hydrogen-bond acceptors (Lipinski definition) is 6. The summed E-state index contributed by atoms with van der Waals surface area (Å²) in [6, 6.07) is 9.54. The van der Waals surface area contributed by atoms with Crippen molar-refractivity contribution in [1.29, 1.82) is 0 Å². The second-order valence-corrected chi connectivity index (χ2v) is 8.42. The third kappa shape index (κ3) is 4.73. The van der Waals surface area contributed by atoms with E-state index in [2.05, 4.69) is 25.7 Å². The molecule has 0 saturated heterocycles. The molecule has 1 amide bonds. The monoisotopic (exact) mass is 431 g/mol. The van der Waals surface area contributed by atoms with E-state index in [-0.39, 0.29) is 11.7 Å². The molecule has 0 aliphatic heterocycles. The van der Waals surface area contributed by atoms with Gasteiger partial charge in [0.2, 0.25) is 16.9 Å². The Kier molecular flexibility index (Phi) is 6.05. The van der Waals surface area contributed by atoms with Crippen molar-refractivity contribution in [2.24, 2.45) is 0 Å². The predicted molar refractivity (Wildman–Crippen MR) is 114 cm³/mol. The number of aromatic nitrogens is 5. The van der Waals surface area contributed by atoms with Crippen LogP contribution in [-0.4, -0.2) is 42.8 Å². The zero-order valence-electron chi connectivity index (χ0n) is 15.8. The number of amides is 1. The summed E-state index contributed by atoms with van der Waals surface area (Å²) < 4.78 is 1.37. The number of nitrogen functional groups attached to an aromatic ring is 1. The molecule has 0 bridgehead atoms. The number of halogens is 1. The minimum absolute atomic E-state index is 0.00184. The van der Waals surface area contributed by atoms with Crippen LogP contribution in [0, 0.1) is 0 Å². The van der Waals surface area contributed by atoms with Gasteiger partial charge in [-0.1, -0.05) is 54.8 Å². The molecule has 1 fully saturated rings. The van der Waals surface area contributed by atoms with Crippen LogP contribution in [0.1, 0.15) is 32.1 Å². The van der Waals surface area contributed by atoms with Crippen molar-refractivity contribution in [2.75, 3.05) is 11.6 Å². The fourth-order valence-electron chi connectivity index (χ4n) is 3.41.